The maximum atomic E-state index is 13.2. The molecule has 1 saturated heterocycles. The van der Waals surface area contributed by atoms with Crippen LogP contribution in [0.2, 0.25) is 0 Å². The third kappa shape index (κ3) is 1.75. The van der Waals surface area contributed by atoms with Crippen LogP contribution < -0.4 is 5.32 Å². The monoisotopic (exact) mass is 330 g/mol. The van der Waals surface area contributed by atoms with Gasteiger partial charge in [-0.1, -0.05) is 6.07 Å². The SMILES string of the molecule is COC1CCC2(CC1)Cc1ccc(O)cc1C21NC(=O)N(C)C1=O. The number of carbonyl (C=O) groups is 2. The first-order chi connectivity index (χ1) is 11.4. The van der Waals surface area contributed by atoms with Gasteiger partial charge in [0.2, 0.25) is 0 Å². The molecule has 4 rings (SSSR count). The van der Waals surface area contributed by atoms with Gasteiger partial charge in [-0.25, -0.2) is 4.79 Å². The molecule has 0 aromatic heterocycles. The number of benzene rings is 1. The summed E-state index contributed by atoms with van der Waals surface area (Å²) in [6.07, 6.45) is 4.28. The molecule has 1 saturated carbocycles. The van der Waals surface area contributed by atoms with Crippen molar-refractivity contribution in [3.05, 3.63) is 29.3 Å². The summed E-state index contributed by atoms with van der Waals surface area (Å²) in [6, 6.07) is 4.80. The third-order valence-electron chi connectivity index (χ3n) is 6.27. The van der Waals surface area contributed by atoms with Crippen LogP contribution in [0.3, 0.4) is 0 Å². The van der Waals surface area contributed by atoms with E-state index in [0.29, 0.717) is 0 Å². The molecule has 6 heteroatoms. The van der Waals surface area contributed by atoms with Crippen LogP contribution in [-0.2, 0) is 21.5 Å². The summed E-state index contributed by atoms with van der Waals surface area (Å²) in [4.78, 5) is 26.6. The van der Waals surface area contributed by atoms with E-state index in [2.05, 4.69) is 5.32 Å². The molecule has 3 aliphatic rings. The Morgan fingerprint density at radius 3 is 2.58 bits per heavy atom. The lowest BCUT2D eigenvalue weighted by atomic mass is 9.61. The van der Waals surface area contributed by atoms with E-state index in [4.69, 9.17) is 4.74 Å². The van der Waals surface area contributed by atoms with Crippen LogP contribution in [0.4, 0.5) is 4.79 Å². The number of nitrogens with zero attached hydrogens (tertiary/aromatic N) is 1. The highest BCUT2D eigenvalue weighted by Gasteiger charge is 2.67. The number of ether oxygens (including phenoxy) is 1. The molecule has 128 valence electrons. The predicted octanol–water partition coefficient (Wildman–Crippen LogP) is 1.90. The highest BCUT2D eigenvalue weighted by molar-refractivity contribution is 6.08. The molecule has 1 heterocycles. The van der Waals surface area contributed by atoms with E-state index in [1.54, 1.807) is 19.2 Å². The lowest BCUT2D eigenvalue weighted by Gasteiger charge is -2.46. The van der Waals surface area contributed by atoms with Crippen LogP contribution in [-0.4, -0.2) is 42.2 Å². The molecule has 1 atom stereocenters. The summed E-state index contributed by atoms with van der Waals surface area (Å²) in [5.74, 6) is -0.0972. The summed E-state index contributed by atoms with van der Waals surface area (Å²) < 4.78 is 5.49. The number of amides is 3. The van der Waals surface area contributed by atoms with Crippen molar-refractivity contribution < 1.29 is 19.4 Å². The van der Waals surface area contributed by atoms with Crippen molar-refractivity contribution in [2.45, 2.75) is 43.7 Å². The van der Waals surface area contributed by atoms with E-state index in [1.165, 1.54) is 11.9 Å². The minimum atomic E-state index is -1.06. The number of rotatable bonds is 1. The van der Waals surface area contributed by atoms with Gasteiger partial charge in [0.05, 0.1) is 6.10 Å². The number of hydrogen-bond acceptors (Lipinski definition) is 4. The zero-order valence-corrected chi connectivity index (χ0v) is 14.0. The van der Waals surface area contributed by atoms with Crippen molar-refractivity contribution >= 4 is 11.9 Å². The van der Waals surface area contributed by atoms with Crippen molar-refractivity contribution in [2.24, 2.45) is 5.41 Å². The minimum absolute atomic E-state index is 0.118. The Kier molecular flexibility index (Phi) is 3.19. The van der Waals surface area contributed by atoms with Crippen molar-refractivity contribution in [3.8, 4) is 5.75 Å². The normalized spacial score (nSPS) is 34.9. The number of phenolic OH excluding ortho intramolecular Hbond substituents is 1. The van der Waals surface area contributed by atoms with Crippen LogP contribution in [0.25, 0.3) is 0 Å². The Hall–Kier alpha value is -2.08. The topological polar surface area (TPSA) is 78.9 Å². The Morgan fingerprint density at radius 2 is 2.00 bits per heavy atom. The second kappa shape index (κ2) is 4.96. The van der Waals surface area contributed by atoms with E-state index < -0.39 is 5.54 Å². The smallest absolute Gasteiger partial charge is 0.325 e. The number of likely N-dealkylation sites (N-methyl/N-ethyl adjacent to an activating group) is 1. The largest absolute Gasteiger partial charge is 0.508 e. The molecule has 1 aliphatic heterocycles. The number of fused-ring (bicyclic) bond motifs is 3. The molecule has 0 radical (unpaired) electrons. The Bertz CT molecular complexity index is 724. The fourth-order valence-corrected chi connectivity index (χ4v) is 4.97. The number of nitrogens with one attached hydrogen (secondary N) is 1. The lowest BCUT2D eigenvalue weighted by molar-refractivity contribution is -0.137. The average Bonchev–Trinajstić information content (AvgIpc) is 2.97. The van der Waals surface area contributed by atoms with Crippen molar-refractivity contribution in [2.75, 3.05) is 14.2 Å². The van der Waals surface area contributed by atoms with Gasteiger partial charge in [-0.3, -0.25) is 9.69 Å². The molecule has 2 aliphatic carbocycles. The van der Waals surface area contributed by atoms with Gasteiger partial charge >= 0.3 is 6.03 Å². The number of hydrogen-bond donors (Lipinski definition) is 2. The fourth-order valence-electron chi connectivity index (χ4n) is 4.97. The van der Waals surface area contributed by atoms with Crippen molar-refractivity contribution in [1.82, 2.24) is 10.2 Å². The van der Waals surface area contributed by atoms with Gasteiger partial charge in [0.1, 0.15) is 5.75 Å². The summed E-state index contributed by atoms with van der Waals surface area (Å²) in [5.41, 5.74) is 0.370. The lowest BCUT2D eigenvalue weighted by Crippen LogP contribution is -2.56. The number of urea groups is 1. The number of carbonyl (C=O) groups excluding carboxylic acids is 2. The number of methoxy groups -OCH3 is 1. The maximum Gasteiger partial charge on any atom is 0.325 e. The molecule has 0 bridgehead atoms. The van der Waals surface area contributed by atoms with Gasteiger partial charge in [-0.2, -0.15) is 0 Å². The summed E-state index contributed by atoms with van der Waals surface area (Å²) in [7, 11) is 3.23. The Morgan fingerprint density at radius 1 is 1.29 bits per heavy atom. The van der Waals surface area contributed by atoms with E-state index in [1.807, 2.05) is 6.07 Å². The zero-order chi connectivity index (χ0) is 17.1. The Labute approximate surface area is 140 Å². The summed E-state index contributed by atoms with van der Waals surface area (Å²) >= 11 is 0. The highest BCUT2D eigenvalue weighted by Crippen LogP contribution is 2.60. The Balaban J connectivity index is 1.87. The van der Waals surface area contributed by atoms with E-state index >= 15 is 0 Å². The van der Waals surface area contributed by atoms with Gasteiger partial charge in [-0.15, -0.1) is 0 Å². The van der Waals surface area contributed by atoms with Gasteiger partial charge in [-0.05, 0) is 55.4 Å². The number of aromatic hydroxyl groups is 1. The molecule has 2 spiro atoms. The van der Waals surface area contributed by atoms with Crippen molar-refractivity contribution in [1.29, 1.82) is 0 Å². The number of phenols is 1. The molecule has 1 unspecified atom stereocenters. The zero-order valence-electron chi connectivity index (χ0n) is 14.0. The molecular formula is C18H22N2O4. The standard InChI is InChI=1S/C18H22N2O4/c1-20-15(22)18(19-16(20)23)14-9-12(21)4-3-11(14)10-17(18)7-5-13(24-2)6-8-17/h3-4,9,13,21H,5-8,10H2,1-2H3,(H,19,23). The molecule has 3 amide bonds. The predicted molar refractivity (Wildman–Crippen MR) is 86.5 cm³/mol. The van der Waals surface area contributed by atoms with Crippen LogP contribution >= 0.6 is 0 Å². The van der Waals surface area contributed by atoms with Gasteiger partial charge in [0.15, 0.2) is 5.54 Å². The highest BCUT2D eigenvalue weighted by atomic mass is 16.5. The number of imide groups is 1. The average molecular weight is 330 g/mol. The maximum absolute atomic E-state index is 13.2. The van der Waals surface area contributed by atoms with Crippen LogP contribution in [0, 0.1) is 5.41 Å². The second-order valence-electron chi connectivity index (χ2n) is 7.28. The van der Waals surface area contributed by atoms with Gasteiger partial charge in [0.25, 0.3) is 5.91 Å². The first kappa shape index (κ1) is 15.4. The van der Waals surface area contributed by atoms with E-state index in [0.717, 1.165) is 43.2 Å². The minimum Gasteiger partial charge on any atom is -0.508 e. The first-order valence-corrected chi connectivity index (χ1v) is 8.39. The molecule has 2 fully saturated rings. The third-order valence-corrected chi connectivity index (χ3v) is 6.27. The molecular weight excluding hydrogens is 308 g/mol. The van der Waals surface area contributed by atoms with E-state index in [9.17, 15) is 14.7 Å². The fraction of sp³-hybridized carbons (Fsp3) is 0.556. The second-order valence-corrected chi connectivity index (χ2v) is 7.28. The molecule has 1 aromatic rings. The quantitative estimate of drug-likeness (QED) is 0.771. The molecule has 6 nitrogen and oxygen atoms in total. The van der Waals surface area contributed by atoms with Crippen LogP contribution in [0.15, 0.2) is 18.2 Å². The molecule has 1 aromatic carbocycles. The van der Waals surface area contributed by atoms with E-state index in [-0.39, 0.29) is 29.2 Å². The summed E-state index contributed by atoms with van der Waals surface area (Å²) in [5, 5.41) is 13.0. The van der Waals surface area contributed by atoms with Gasteiger partial charge < -0.3 is 15.2 Å². The van der Waals surface area contributed by atoms with Gasteiger partial charge in [0, 0.05) is 19.6 Å². The first-order valence-electron chi connectivity index (χ1n) is 8.39. The summed E-state index contributed by atoms with van der Waals surface area (Å²) in [6.45, 7) is 0. The van der Waals surface area contributed by atoms with Crippen LogP contribution in [0.5, 0.6) is 5.75 Å². The molecule has 2 N–H and O–H groups in total. The van der Waals surface area contributed by atoms with Crippen LogP contribution in [0.1, 0.15) is 36.8 Å². The van der Waals surface area contributed by atoms with Crippen molar-refractivity contribution in [3.63, 3.8) is 0 Å². The molecule has 24 heavy (non-hydrogen) atoms.